The second kappa shape index (κ2) is 7.17. The number of hydrogen-bond acceptors (Lipinski definition) is 6. The molecule has 1 fully saturated rings. The zero-order valence-corrected chi connectivity index (χ0v) is 15.3. The summed E-state index contributed by atoms with van der Waals surface area (Å²) in [4.78, 5) is 29.1. The number of aromatic nitrogens is 3. The molecule has 6 nitrogen and oxygen atoms in total. The minimum absolute atomic E-state index is 0.0565. The lowest BCUT2D eigenvalue weighted by molar-refractivity contribution is -0.120. The second-order valence-corrected chi connectivity index (χ2v) is 7.84. The monoisotopic (exact) mass is 357 g/mol. The van der Waals surface area contributed by atoms with Crippen LogP contribution in [0.25, 0.3) is 10.7 Å². The van der Waals surface area contributed by atoms with E-state index in [0.29, 0.717) is 5.69 Å². The normalized spacial score (nSPS) is 18.3. The first kappa shape index (κ1) is 16.6. The van der Waals surface area contributed by atoms with Gasteiger partial charge in [0.05, 0.1) is 24.0 Å². The number of thiazole rings is 1. The predicted molar refractivity (Wildman–Crippen MR) is 97.5 cm³/mol. The third-order valence-electron chi connectivity index (χ3n) is 5.18. The first-order valence-electron chi connectivity index (χ1n) is 8.97. The summed E-state index contributed by atoms with van der Waals surface area (Å²) in [5, 5.41) is 3.54. The Morgan fingerprint density at radius 3 is 2.80 bits per heavy atom. The van der Waals surface area contributed by atoms with Gasteiger partial charge in [-0.1, -0.05) is 6.42 Å². The van der Waals surface area contributed by atoms with Gasteiger partial charge in [-0.05, 0) is 19.3 Å². The summed E-state index contributed by atoms with van der Waals surface area (Å²) in [5.41, 5.74) is 2.71. The van der Waals surface area contributed by atoms with Crippen molar-refractivity contribution in [2.24, 2.45) is 0 Å². The first-order chi connectivity index (χ1) is 12.2. The van der Waals surface area contributed by atoms with Gasteiger partial charge in [-0.3, -0.25) is 19.7 Å². The van der Waals surface area contributed by atoms with E-state index in [2.05, 4.69) is 20.2 Å². The Balaban J connectivity index is 1.45. The molecule has 0 radical (unpaired) electrons. The molecule has 1 aliphatic carbocycles. The summed E-state index contributed by atoms with van der Waals surface area (Å²) in [7, 11) is 1.62. The Hall–Kier alpha value is -1.86. The molecule has 0 unspecified atom stereocenters. The van der Waals surface area contributed by atoms with Crippen LogP contribution in [0.2, 0.25) is 0 Å². The average molecular weight is 357 g/mol. The van der Waals surface area contributed by atoms with Crippen LogP contribution in [0.4, 0.5) is 0 Å². The molecule has 0 saturated heterocycles. The van der Waals surface area contributed by atoms with Crippen LogP contribution < -0.4 is 5.32 Å². The van der Waals surface area contributed by atoms with Crippen molar-refractivity contribution in [2.75, 3.05) is 20.1 Å². The van der Waals surface area contributed by atoms with Crippen LogP contribution in [0, 0.1) is 0 Å². The van der Waals surface area contributed by atoms with Crippen molar-refractivity contribution in [1.29, 1.82) is 0 Å². The predicted octanol–water partition coefficient (Wildman–Crippen LogP) is 1.84. The highest BCUT2D eigenvalue weighted by molar-refractivity contribution is 7.15. The number of carbonyl (C=O) groups excluding carboxylic acids is 1. The summed E-state index contributed by atoms with van der Waals surface area (Å²) in [6.45, 7) is 2.27. The SMILES string of the molecule is CNC(=O)Cc1cnc(-c2nc3c(s2)CCN(C2CCC2)CC3)cn1. The van der Waals surface area contributed by atoms with E-state index in [9.17, 15) is 4.79 Å². The molecule has 4 rings (SSSR count). The second-order valence-electron chi connectivity index (χ2n) is 6.75. The van der Waals surface area contributed by atoms with Crippen molar-refractivity contribution in [3.05, 3.63) is 28.7 Å². The fraction of sp³-hybridized carbons (Fsp3) is 0.556. The maximum Gasteiger partial charge on any atom is 0.225 e. The van der Waals surface area contributed by atoms with Crippen LogP contribution in [0.5, 0.6) is 0 Å². The topological polar surface area (TPSA) is 71.0 Å². The quantitative estimate of drug-likeness (QED) is 0.904. The molecule has 2 aromatic rings. The molecule has 1 amide bonds. The van der Waals surface area contributed by atoms with Gasteiger partial charge in [0.2, 0.25) is 5.91 Å². The number of fused-ring (bicyclic) bond motifs is 1. The smallest absolute Gasteiger partial charge is 0.225 e. The molecule has 1 aliphatic heterocycles. The summed E-state index contributed by atoms with van der Waals surface area (Å²) in [6.07, 6.45) is 9.91. The first-order valence-corrected chi connectivity index (χ1v) is 9.79. The van der Waals surface area contributed by atoms with Crippen molar-refractivity contribution in [3.8, 4) is 10.7 Å². The van der Waals surface area contributed by atoms with Gasteiger partial charge in [0.1, 0.15) is 10.7 Å². The lowest BCUT2D eigenvalue weighted by atomic mass is 9.91. The number of rotatable bonds is 4. The van der Waals surface area contributed by atoms with E-state index in [1.54, 1.807) is 30.8 Å². The van der Waals surface area contributed by atoms with Crippen molar-refractivity contribution >= 4 is 17.2 Å². The highest BCUT2D eigenvalue weighted by Gasteiger charge is 2.27. The lowest BCUT2D eigenvalue weighted by Gasteiger charge is -2.36. The molecule has 132 valence electrons. The summed E-state index contributed by atoms with van der Waals surface area (Å²) < 4.78 is 0. The van der Waals surface area contributed by atoms with E-state index in [0.717, 1.165) is 42.7 Å². The Labute approximate surface area is 151 Å². The number of nitrogens with one attached hydrogen (secondary N) is 1. The van der Waals surface area contributed by atoms with Gasteiger partial charge in [-0.2, -0.15) is 0 Å². The van der Waals surface area contributed by atoms with Gasteiger partial charge in [-0.15, -0.1) is 11.3 Å². The highest BCUT2D eigenvalue weighted by atomic mass is 32.1. The minimum Gasteiger partial charge on any atom is -0.359 e. The van der Waals surface area contributed by atoms with Gasteiger partial charge >= 0.3 is 0 Å². The number of nitrogens with zero attached hydrogens (tertiary/aromatic N) is 4. The molecular weight excluding hydrogens is 334 g/mol. The standard InChI is InChI=1S/C18H23N5OS/c1-19-17(24)9-12-10-21-15(11-20-12)18-22-14-5-7-23(13-3-2-4-13)8-6-16(14)25-18/h10-11,13H,2-9H2,1H3,(H,19,24). The third kappa shape index (κ3) is 3.57. The Morgan fingerprint density at radius 1 is 1.28 bits per heavy atom. The molecule has 2 aromatic heterocycles. The maximum atomic E-state index is 11.4. The molecule has 25 heavy (non-hydrogen) atoms. The summed E-state index contributed by atoms with van der Waals surface area (Å²) in [6, 6.07) is 0.812. The van der Waals surface area contributed by atoms with E-state index in [-0.39, 0.29) is 12.3 Å². The van der Waals surface area contributed by atoms with Crippen molar-refractivity contribution < 1.29 is 4.79 Å². The number of hydrogen-bond donors (Lipinski definition) is 1. The largest absolute Gasteiger partial charge is 0.359 e. The molecule has 0 atom stereocenters. The molecule has 3 heterocycles. The Bertz CT molecular complexity index is 728. The molecule has 1 saturated carbocycles. The van der Waals surface area contributed by atoms with Crippen LogP contribution in [-0.2, 0) is 24.1 Å². The fourth-order valence-corrected chi connectivity index (χ4v) is 4.47. The van der Waals surface area contributed by atoms with Gasteiger partial charge in [0.25, 0.3) is 0 Å². The zero-order valence-electron chi connectivity index (χ0n) is 14.5. The lowest BCUT2D eigenvalue weighted by Crippen LogP contribution is -2.41. The summed E-state index contributed by atoms with van der Waals surface area (Å²) >= 11 is 1.75. The molecule has 0 bridgehead atoms. The van der Waals surface area contributed by atoms with Crippen LogP contribution in [0.1, 0.15) is 35.5 Å². The van der Waals surface area contributed by atoms with Crippen molar-refractivity contribution in [3.63, 3.8) is 0 Å². The van der Waals surface area contributed by atoms with Crippen molar-refractivity contribution in [2.45, 2.75) is 44.6 Å². The van der Waals surface area contributed by atoms with E-state index in [4.69, 9.17) is 4.98 Å². The molecule has 0 aromatic carbocycles. The fourth-order valence-electron chi connectivity index (χ4n) is 3.42. The van der Waals surface area contributed by atoms with Gasteiger partial charge < -0.3 is 5.32 Å². The number of likely N-dealkylation sites (N-methyl/N-ethyl adjacent to an activating group) is 1. The Morgan fingerprint density at radius 2 is 2.12 bits per heavy atom. The van der Waals surface area contributed by atoms with Crippen LogP contribution in [0.15, 0.2) is 12.4 Å². The summed E-state index contributed by atoms with van der Waals surface area (Å²) in [5.74, 6) is -0.0565. The average Bonchev–Trinajstić information content (AvgIpc) is 2.90. The van der Waals surface area contributed by atoms with Gasteiger partial charge in [0, 0.05) is 43.7 Å². The minimum atomic E-state index is -0.0565. The third-order valence-corrected chi connectivity index (χ3v) is 6.36. The van der Waals surface area contributed by atoms with Crippen LogP contribution in [-0.4, -0.2) is 51.9 Å². The molecule has 1 N–H and O–H groups in total. The highest BCUT2D eigenvalue weighted by Crippen LogP contribution is 2.31. The zero-order chi connectivity index (χ0) is 17.2. The molecule has 2 aliphatic rings. The maximum absolute atomic E-state index is 11.4. The van der Waals surface area contributed by atoms with E-state index in [1.165, 1.54) is 29.8 Å². The molecule has 7 heteroatoms. The van der Waals surface area contributed by atoms with E-state index in [1.807, 2.05) is 0 Å². The van der Waals surface area contributed by atoms with Gasteiger partial charge in [0.15, 0.2) is 0 Å². The van der Waals surface area contributed by atoms with Crippen LogP contribution in [0.3, 0.4) is 0 Å². The van der Waals surface area contributed by atoms with Crippen LogP contribution >= 0.6 is 11.3 Å². The molecule has 0 spiro atoms. The van der Waals surface area contributed by atoms with Gasteiger partial charge in [-0.25, -0.2) is 4.98 Å². The van der Waals surface area contributed by atoms with Crippen molar-refractivity contribution in [1.82, 2.24) is 25.2 Å². The number of amides is 1. The number of carbonyl (C=O) groups is 1. The van der Waals surface area contributed by atoms with E-state index >= 15 is 0 Å². The van der Waals surface area contributed by atoms with E-state index < -0.39 is 0 Å². The molecular formula is C18H23N5OS. The Kier molecular flexibility index (Phi) is 4.76.